The Morgan fingerprint density at radius 3 is 2.46 bits per heavy atom. The number of anilines is 1. The van der Waals surface area contributed by atoms with Gasteiger partial charge in [-0.05, 0) is 24.3 Å². The SMILES string of the molecule is O=C1C=C(Nc2ccc3oc(=O)ccc3c2)c2ccccc2C1=O. The predicted octanol–water partition coefficient (Wildman–Crippen LogP) is 3.01. The fourth-order valence-corrected chi connectivity index (χ4v) is 2.73. The molecule has 0 aliphatic heterocycles. The van der Waals surface area contributed by atoms with Gasteiger partial charge in [-0.15, -0.1) is 0 Å². The maximum atomic E-state index is 12.0. The average Bonchev–Trinajstić information content (AvgIpc) is 2.59. The van der Waals surface area contributed by atoms with Gasteiger partial charge in [-0.1, -0.05) is 24.3 Å². The van der Waals surface area contributed by atoms with E-state index >= 15 is 0 Å². The molecule has 0 amide bonds. The van der Waals surface area contributed by atoms with Crippen molar-refractivity contribution in [3.8, 4) is 0 Å². The zero-order chi connectivity index (χ0) is 16.7. The highest BCUT2D eigenvalue weighted by Gasteiger charge is 2.25. The maximum absolute atomic E-state index is 12.0. The zero-order valence-corrected chi connectivity index (χ0v) is 12.4. The van der Waals surface area contributed by atoms with E-state index in [-0.39, 0.29) is 0 Å². The Morgan fingerprint density at radius 1 is 0.833 bits per heavy atom. The molecule has 1 aliphatic carbocycles. The molecule has 2 aromatic carbocycles. The van der Waals surface area contributed by atoms with Crippen molar-refractivity contribution < 1.29 is 14.0 Å². The van der Waals surface area contributed by atoms with Crippen molar-refractivity contribution in [2.75, 3.05) is 5.32 Å². The summed E-state index contributed by atoms with van der Waals surface area (Å²) in [5, 5.41) is 3.92. The molecule has 3 aromatic rings. The van der Waals surface area contributed by atoms with Crippen molar-refractivity contribution in [2.24, 2.45) is 0 Å². The molecule has 0 saturated carbocycles. The van der Waals surface area contributed by atoms with Gasteiger partial charge >= 0.3 is 5.63 Å². The van der Waals surface area contributed by atoms with Gasteiger partial charge in [0.1, 0.15) is 5.58 Å². The summed E-state index contributed by atoms with van der Waals surface area (Å²) < 4.78 is 5.10. The number of ketones is 2. The van der Waals surface area contributed by atoms with Crippen molar-refractivity contribution in [3.05, 3.63) is 82.2 Å². The number of benzene rings is 2. The van der Waals surface area contributed by atoms with Crippen molar-refractivity contribution in [1.82, 2.24) is 0 Å². The van der Waals surface area contributed by atoms with Crippen molar-refractivity contribution >= 4 is 33.9 Å². The molecule has 0 saturated heterocycles. The summed E-state index contributed by atoms with van der Waals surface area (Å²) >= 11 is 0. The lowest BCUT2D eigenvalue weighted by Crippen LogP contribution is -2.20. The van der Waals surface area contributed by atoms with Gasteiger partial charge in [0.05, 0.1) is 5.70 Å². The monoisotopic (exact) mass is 317 g/mol. The second kappa shape index (κ2) is 5.31. The first-order valence-electron chi connectivity index (χ1n) is 7.32. The Kier molecular flexibility index (Phi) is 3.13. The smallest absolute Gasteiger partial charge is 0.336 e. The van der Waals surface area contributed by atoms with E-state index in [0.717, 1.165) is 11.1 Å². The topological polar surface area (TPSA) is 76.4 Å². The van der Waals surface area contributed by atoms with E-state index in [9.17, 15) is 14.4 Å². The van der Waals surface area contributed by atoms with Crippen LogP contribution in [0.2, 0.25) is 0 Å². The van der Waals surface area contributed by atoms with Gasteiger partial charge < -0.3 is 9.73 Å². The van der Waals surface area contributed by atoms with Crippen LogP contribution in [0.3, 0.4) is 0 Å². The summed E-state index contributed by atoms with van der Waals surface area (Å²) in [5.74, 6) is -1.06. The van der Waals surface area contributed by atoms with E-state index < -0.39 is 17.2 Å². The molecule has 0 bridgehead atoms. The zero-order valence-electron chi connectivity index (χ0n) is 12.4. The molecule has 0 unspecified atom stereocenters. The van der Waals surface area contributed by atoms with Crippen LogP contribution in [0.25, 0.3) is 16.7 Å². The van der Waals surface area contributed by atoms with E-state index in [1.807, 2.05) is 12.1 Å². The number of rotatable bonds is 2. The lowest BCUT2D eigenvalue weighted by atomic mass is 9.92. The summed E-state index contributed by atoms with van der Waals surface area (Å²) in [5.41, 5.74) is 2.43. The Morgan fingerprint density at radius 2 is 1.62 bits per heavy atom. The highest BCUT2D eigenvalue weighted by atomic mass is 16.4. The Balaban J connectivity index is 1.76. The fraction of sp³-hybridized carbons (Fsp3) is 0. The summed E-state index contributed by atoms with van der Waals surface area (Å²) in [6.45, 7) is 0. The minimum absolute atomic E-state index is 0.388. The molecule has 1 aromatic heterocycles. The van der Waals surface area contributed by atoms with Gasteiger partial charge in [0, 0.05) is 34.3 Å². The molecule has 1 N–H and O–H groups in total. The van der Waals surface area contributed by atoms with E-state index in [0.29, 0.717) is 22.4 Å². The fourth-order valence-electron chi connectivity index (χ4n) is 2.73. The summed E-state index contributed by atoms with van der Waals surface area (Å²) in [6.07, 6.45) is 1.31. The number of carbonyl (C=O) groups is 2. The lowest BCUT2D eigenvalue weighted by Gasteiger charge is -2.18. The van der Waals surface area contributed by atoms with Gasteiger partial charge in [-0.3, -0.25) is 9.59 Å². The number of nitrogens with one attached hydrogen (secondary N) is 1. The second-order valence-electron chi connectivity index (χ2n) is 5.43. The first-order valence-corrected chi connectivity index (χ1v) is 7.32. The molecule has 5 nitrogen and oxygen atoms in total. The standard InChI is InChI=1S/C19H11NO4/c21-16-10-15(13-3-1-2-4-14(13)19(16)23)20-12-6-7-17-11(9-12)5-8-18(22)24-17/h1-10,20H. The van der Waals surface area contributed by atoms with Crippen LogP contribution < -0.4 is 10.9 Å². The molecular weight excluding hydrogens is 306 g/mol. The number of hydrogen-bond donors (Lipinski definition) is 1. The highest BCUT2D eigenvalue weighted by molar-refractivity contribution is 6.50. The summed E-state index contributed by atoms with van der Waals surface area (Å²) in [7, 11) is 0. The van der Waals surface area contributed by atoms with Gasteiger partial charge in [-0.25, -0.2) is 4.79 Å². The molecule has 24 heavy (non-hydrogen) atoms. The van der Waals surface area contributed by atoms with E-state index in [2.05, 4.69) is 5.32 Å². The van der Waals surface area contributed by atoms with Crippen molar-refractivity contribution in [1.29, 1.82) is 0 Å². The molecule has 1 heterocycles. The maximum Gasteiger partial charge on any atom is 0.336 e. The highest BCUT2D eigenvalue weighted by Crippen LogP contribution is 2.27. The van der Waals surface area contributed by atoms with E-state index in [4.69, 9.17) is 4.42 Å². The van der Waals surface area contributed by atoms with Gasteiger partial charge in [-0.2, -0.15) is 0 Å². The average molecular weight is 317 g/mol. The Labute approximate surface area is 136 Å². The summed E-state index contributed by atoms with van der Waals surface area (Å²) in [6, 6.07) is 15.2. The van der Waals surface area contributed by atoms with Crippen LogP contribution in [0.15, 0.2) is 69.9 Å². The molecule has 0 fully saturated rings. The van der Waals surface area contributed by atoms with E-state index in [1.54, 1.807) is 36.4 Å². The molecule has 0 radical (unpaired) electrons. The van der Waals surface area contributed by atoms with Gasteiger partial charge in [0.25, 0.3) is 0 Å². The first kappa shape index (κ1) is 14.1. The third kappa shape index (κ3) is 2.32. The van der Waals surface area contributed by atoms with Gasteiger partial charge in [0.15, 0.2) is 0 Å². The molecule has 116 valence electrons. The first-order chi connectivity index (χ1) is 11.6. The molecule has 1 aliphatic rings. The van der Waals surface area contributed by atoms with Crippen LogP contribution in [-0.4, -0.2) is 11.6 Å². The predicted molar refractivity (Wildman–Crippen MR) is 89.9 cm³/mol. The minimum Gasteiger partial charge on any atom is -0.423 e. The third-order valence-corrected chi connectivity index (χ3v) is 3.86. The number of allylic oxidation sites excluding steroid dienone is 1. The number of carbonyl (C=O) groups excluding carboxylic acids is 2. The molecule has 0 atom stereocenters. The number of hydrogen-bond acceptors (Lipinski definition) is 5. The lowest BCUT2D eigenvalue weighted by molar-refractivity contribution is -0.111. The number of Topliss-reactive ketones (excluding diaryl/α,β-unsaturated/α-hetero) is 1. The Hall–Kier alpha value is -3.47. The quantitative estimate of drug-likeness (QED) is 0.581. The second-order valence-corrected chi connectivity index (χ2v) is 5.43. The van der Waals surface area contributed by atoms with Crippen LogP contribution in [0.1, 0.15) is 15.9 Å². The van der Waals surface area contributed by atoms with Crippen LogP contribution in [0.4, 0.5) is 5.69 Å². The van der Waals surface area contributed by atoms with E-state index in [1.165, 1.54) is 12.1 Å². The largest absolute Gasteiger partial charge is 0.423 e. The third-order valence-electron chi connectivity index (χ3n) is 3.86. The van der Waals surface area contributed by atoms with Crippen LogP contribution in [-0.2, 0) is 4.79 Å². The molecule has 0 spiro atoms. The number of fused-ring (bicyclic) bond motifs is 2. The van der Waals surface area contributed by atoms with Crippen LogP contribution >= 0.6 is 0 Å². The van der Waals surface area contributed by atoms with Crippen molar-refractivity contribution in [3.63, 3.8) is 0 Å². The van der Waals surface area contributed by atoms with Crippen molar-refractivity contribution in [2.45, 2.75) is 0 Å². The molecule has 4 rings (SSSR count). The minimum atomic E-state index is -0.553. The summed E-state index contributed by atoms with van der Waals surface area (Å²) in [4.78, 5) is 35.1. The van der Waals surface area contributed by atoms with Gasteiger partial charge in [0.2, 0.25) is 11.6 Å². The Bertz CT molecular complexity index is 1090. The van der Waals surface area contributed by atoms with Crippen LogP contribution in [0, 0.1) is 0 Å². The normalized spacial score (nSPS) is 13.6. The van der Waals surface area contributed by atoms with Crippen LogP contribution in [0.5, 0.6) is 0 Å². The molecule has 5 heteroatoms. The molecular formula is C19H11NO4.